The van der Waals surface area contributed by atoms with Crippen LogP contribution in [0.25, 0.3) is 5.82 Å². The Bertz CT molecular complexity index is 900. The van der Waals surface area contributed by atoms with E-state index in [2.05, 4.69) is 31.3 Å². The largest absolute Gasteiger partial charge is 0.322 e. The van der Waals surface area contributed by atoms with E-state index in [4.69, 9.17) is 0 Å². The van der Waals surface area contributed by atoms with Gasteiger partial charge in [0.1, 0.15) is 0 Å². The van der Waals surface area contributed by atoms with E-state index in [0.29, 0.717) is 11.4 Å². The summed E-state index contributed by atoms with van der Waals surface area (Å²) in [6, 6.07) is 11.2. The van der Waals surface area contributed by atoms with Crippen molar-refractivity contribution in [2.24, 2.45) is 0 Å². The monoisotopic (exact) mass is 384 g/mol. The van der Waals surface area contributed by atoms with Crippen molar-refractivity contribution in [3.05, 3.63) is 69.6 Å². The Morgan fingerprint density at radius 3 is 2.50 bits per heavy atom. The summed E-state index contributed by atoms with van der Waals surface area (Å²) in [6.45, 7) is 5.90. The zero-order valence-electron chi connectivity index (χ0n) is 13.7. The molecule has 1 aromatic carbocycles. The summed E-state index contributed by atoms with van der Waals surface area (Å²) in [5.41, 5.74) is 4.28. The predicted octanol–water partition coefficient (Wildman–Crippen LogP) is 4.21. The number of aryl methyl sites for hydroxylation is 3. The Hall–Kier alpha value is -2.47. The summed E-state index contributed by atoms with van der Waals surface area (Å²) in [5, 5.41) is 7.26. The first-order chi connectivity index (χ1) is 11.4. The van der Waals surface area contributed by atoms with Gasteiger partial charge in [0.2, 0.25) is 0 Å². The number of hydrogen-bond acceptors (Lipinski definition) is 3. The highest BCUT2D eigenvalue weighted by atomic mass is 79.9. The summed E-state index contributed by atoms with van der Waals surface area (Å²) in [7, 11) is 0. The summed E-state index contributed by atoms with van der Waals surface area (Å²) in [4.78, 5) is 16.7. The minimum absolute atomic E-state index is 0.196. The molecule has 0 fully saturated rings. The lowest BCUT2D eigenvalue weighted by Gasteiger charge is -2.08. The standard InChI is InChI=1S/C18H17BrN4O/c1-11-4-6-15(9-16(11)19)21-18(24)14-5-7-17(20-10-14)23-13(3)8-12(2)22-23/h4-10H,1-3H3,(H,21,24). The number of pyridine rings is 1. The second-order valence-corrected chi connectivity index (χ2v) is 6.52. The van der Waals surface area contributed by atoms with Crippen LogP contribution >= 0.6 is 15.9 Å². The third kappa shape index (κ3) is 3.38. The lowest BCUT2D eigenvalue weighted by Crippen LogP contribution is -2.13. The molecule has 24 heavy (non-hydrogen) atoms. The fraction of sp³-hybridized carbons (Fsp3) is 0.167. The van der Waals surface area contributed by atoms with E-state index in [1.165, 1.54) is 0 Å². The van der Waals surface area contributed by atoms with Crippen LogP contribution in [-0.4, -0.2) is 20.7 Å². The average Bonchev–Trinajstić information content (AvgIpc) is 2.89. The van der Waals surface area contributed by atoms with Crippen LogP contribution in [0.15, 0.2) is 47.1 Å². The van der Waals surface area contributed by atoms with Gasteiger partial charge in [0.25, 0.3) is 5.91 Å². The highest BCUT2D eigenvalue weighted by Crippen LogP contribution is 2.21. The molecule has 122 valence electrons. The van der Waals surface area contributed by atoms with Gasteiger partial charge in [0.15, 0.2) is 5.82 Å². The van der Waals surface area contributed by atoms with Crippen LogP contribution in [0.3, 0.4) is 0 Å². The maximum atomic E-state index is 12.3. The molecule has 2 aromatic heterocycles. The van der Waals surface area contributed by atoms with Gasteiger partial charge >= 0.3 is 0 Å². The number of hydrogen-bond donors (Lipinski definition) is 1. The molecular formula is C18H17BrN4O. The number of carbonyl (C=O) groups excluding carboxylic acids is 1. The molecule has 3 rings (SSSR count). The number of nitrogens with one attached hydrogen (secondary N) is 1. The molecule has 0 aliphatic carbocycles. The average molecular weight is 385 g/mol. The Morgan fingerprint density at radius 1 is 1.12 bits per heavy atom. The Kier molecular flexibility index (Phi) is 4.49. The SMILES string of the molecule is Cc1cc(C)n(-c2ccc(C(=O)Nc3ccc(C)c(Br)c3)cn2)n1. The van der Waals surface area contributed by atoms with Crippen molar-refractivity contribution in [3.8, 4) is 5.82 Å². The molecule has 0 aliphatic heterocycles. The molecule has 6 heteroatoms. The van der Waals surface area contributed by atoms with Gasteiger partial charge in [-0.3, -0.25) is 4.79 Å². The number of aromatic nitrogens is 3. The highest BCUT2D eigenvalue weighted by molar-refractivity contribution is 9.10. The van der Waals surface area contributed by atoms with Gasteiger partial charge in [-0.15, -0.1) is 0 Å². The summed E-state index contributed by atoms with van der Waals surface area (Å²) in [6.07, 6.45) is 1.56. The number of anilines is 1. The lowest BCUT2D eigenvalue weighted by atomic mass is 10.2. The molecule has 0 saturated heterocycles. The molecular weight excluding hydrogens is 368 g/mol. The molecule has 0 bridgehead atoms. The van der Waals surface area contributed by atoms with Crippen LogP contribution in [0, 0.1) is 20.8 Å². The van der Waals surface area contributed by atoms with E-state index < -0.39 is 0 Å². The van der Waals surface area contributed by atoms with E-state index >= 15 is 0 Å². The Morgan fingerprint density at radius 2 is 1.92 bits per heavy atom. The van der Waals surface area contributed by atoms with Crippen LogP contribution in [0.4, 0.5) is 5.69 Å². The lowest BCUT2D eigenvalue weighted by molar-refractivity contribution is 0.102. The van der Waals surface area contributed by atoms with Crippen molar-refractivity contribution in [1.29, 1.82) is 0 Å². The molecule has 2 heterocycles. The fourth-order valence-corrected chi connectivity index (χ4v) is 2.76. The van der Waals surface area contributed by atoms with Crippen LogP contribution in [0.5, 0.6) is 0 Å². The van der Waals surface area contributed by atoms with Gasteiger partial charge in [0.05, 0.1) is 11.3 Å². The molecule has 1 N–H and O–H groups in total. The first-order valence-corrected chi connectivity index (χ1v) is 8.30. The third-order valence-electron chi connectivity index (χ3n) is 3.67. The van der Waals surface area contributed by atoms with Crippen molar-refractivity contribution in [2.45, 2.75) is 20.8 Å². The van der Waals surface area contributed by atoms with Gasteiger partial charge in [-0.2, -0.15) is 5.10 Å². The third-order valence-corrected chi connectivity index (χ3v) is 4.52. The van der Waals surface area contributed by atoms with Gasteiger partial charge < -0.3 is 5.32 Å². The van der Waals surface area contributed by atoms with E-state index in [0.717, 1.165) is 27.1 Å². The van der Waals surface area contributed by atoms with E-state index in [9.17, 15) is 4.79 Å². The smallest absolute Gasteiger partial charge is 0.257 e. The quantitative estimate of drug-likeness (QED) is 0.735. The topological polar surface area (TPSA) is 59.8 Å². The zero-order valence-corrected chi connectivity index (χ0v) is 15.3. The molecule has 0 spiro atoms. The van der Waals surface area contributed by atoms with Gasteiger partial charge in [-0.05, 0) is 56.7 Å². The van der Waals surface area contributed by atoms with E-state index in [-0.39, 0.29) is 5.91 Å². The first-order valence-electron chi connectivity index (χ1n) is 7.51. The zero-order chi connectivity index (χ0) is 17.3. The van der Waals surface area contributed by atoms with Crippen molar-refractivity contribution in [1.82, 2.24) is 14.8 Å². The van der Waals surface area contributed by atoms with Crippen molar-refractivity contribution >= 4 is 27.5 Å². The minimum atomic E-state index is -0.196. The minimum Gasteiger partial charge on any atom is -0.322 e. The van der Waals surface area contributed by atoms with Crippen LogP contribution in [0.1, 0.15) is 27.3 Å². The molecule has 0 radical (unpaired) electrons. The van der Waals surface area contributed by atoms with Crippen molar-refractivity contribution in [3.63, 3.8) is 0 Å². The summed E-state index contributed by atoms with van der Waals surface area (Å²) in [5.74, 6) is 0.494. The van der Waals surface area contributed by atoms with E-state index in [1.54, 1.807) is 23.0 Å². The number of nitrogens with zero attached hydrogens (tertiary/aromatic N) is 3. The predicted molar refractivity (Wildman–Crippen MR) is 97.7 cm³/mol. The van der Waals surface area contributed by atoms with Crippen molar-refractivity contribution < 1.29 is 4.79 Å². The van der Waals surface area contributed by atoms with Crippen molar-refractivity contribution in [2.75, 3.05) is 5.32 Å². The Balaban J connectivity index is 1.78. The molecule has 0 aliphatic rings. The van der Waals surface area contributed by atoms with Crippen LogP contribution < -0.4 is 5.32 Å². The number of halogens is 1. The van der Waals surface area contributed by atoms with Gasteiger partial charge in [0, 0.05) is 22.1 Å². The molecule has 5 nitrogen and oxygen atoms in total. The van der Waals surface area contributed by atoms with Gasteiger partial charge in [-0.25, -0.2) is 9.67 Å². The summed E-state index contributed by atoms with van der Waals surface area (Å²) < 4.78 is 2.71. The number of carbonyl (C=O) groups is 1. The number of rotatable bonds is 3. The summed E-state index contributed by atoms with van der Waals surface area (Å²) >= 11 is 3.46. The number of benzene rings is 1. The first kappa shape index (κ1) is 16.4. The maximum absolute atomic E-state index is 12.3. The molecule has 1 amide bonds. The second kappa shape index (κ2) is 6.57. The fourth-order valence-electron chi connectivity index (χ4n) is 2.38. The molecule has 0 unspecified atom stereocenters. The highest BCUT2D eigenvalue weighted by Gasteiger charge is 2.10. The number of amides is 1. The van der Waals surface area contributed by atoms with E-state index in [1.807, 2.05) is 45.0 Å². The molecule has 3 aromatic rings. The van der Waals surface area contributed by atoms with Crippen LogP contribution in [0.2, 0.25) is 0 Å². The van der Waals surface area contributed by atoms with Gasteiger partial charge in [-0.1, -0.05) is 22.0 Å². The second-order valence-electron chi connectivity index (χ2n) is 5.66. The normalized spacial score (nSPS) is 10.7. The molecule has 0 saturated carbocycles. The van der Waals surface area contributed by atoms with Crippen LogP contribution in [-0.2, 0) is 0 Å². The Labute approximate surface area is 148 Å². The molecule has 0 atom stereocenters. The maximum Gasteiger partial charge on any atom is 0.257 e.